The van der Waals surface area contributed by atoms with Crippen LogP contribution in [-0.2, 0) is 0 Å². The van der Waals surface area contributed by atoms with Crippen molar-refractivity contribution in [1.29, 1.82) is 0 Å². The first kappa shape index (κ1) is 22.3. The van der Waals surface area contributed by atoms with Crippen molar-refractivity contribution in [2.45, 2.75) is 26.2 Å². The summed E-state index contributed by atoms with van der Waals surface area (Å²) in [5.74, 6) is 1.47. The average Bonchev–Trinajstić information content (AvgIpc) is 3.32. The maximum absolute atomic E-state index is 13.0. The maximum Gasteiger partial charge on any atom is 0.272 e. The van der Waals surface area contributed by atoms with Crippen LogP contribution in [0.2, 0.25) is 0 Å². The number of hydrogen-bond acceptors (Lipinski definition) is 5. The van der Waals surface area contributed by atoms with Crippen molar-refractivity contribution in [3.05, 3.63) is 83.6 Å². The Bertz CT molecular complexity index is 1290. The van der Waals surface area contributed by atoms with Gasteiger partial charge in [-0.2, -0.15) is 5.10 Å². The lowest BCUT2D eigenvalue weighted by atomic mass is 9.96. The summed E-state index contributed by atoms with van der Waals surface area (Å²) in [5, 5.41) is 4.86. The highest BCUT2D eigenvalue weighted by Crippen LogP contribution is 2.27. The van der Waals surface area contributed by atoms with Gasteiger partial charge in [0.05, 0.1) is 23.0 Å². The fraction of sp³-hybridized carbons (Fsp3) is 0.222. The summed E-state index contributed by atoms with van der Waals surface area (Å²) in [7, 11) is 3.79. The molecule has 1 unspecified atom stereocenters. The Morgan fingerprint density at radius 1 is 1.12 bits per heavy atom. The Labute approximate surface area is 193 Å². The minimum Gasteiger partial charge on any atom is -0.440 e. The number of carbonyl (C=O) groups is 1. The van der Waals surface area contributed by atoms with Crippen LogP contribution in [0, 0.1) is 0 Å². The van der Waals surface area contributed by atoms with Crippen LogP contribution in [0.15, 0.2) is 76.2 Å². The van der Waals surface area contributed by atoms with E-state index in [1.165, 1.54) is 11.8 Å². The lowest BCUT2D eigenvalue weighted by molar-refractivity contribution is 0.0956. The Balaban J connectivity index is 1.62. The highest BCUT2D eigenvalue weighted by atomic mass is 16.4. The molecule has 0 saturated carbocycles. The van der Waals surface area contributed by atoms with E-state index in [0.29, 0.717) is 23.1 Å². The molecule has 0 radical (unpaired) electrons. The van der Waals surface area contributed by atoms with Gasteiger partial charge in [0.2, 0.25) is 0 Å². The van der Waals surface area contributed by atoms with Crippen LogP contribution in [0.4, 0.5) is 5.88 Å². The summed E-state index contributed by atoms with van der Waals surface area (Å²) >= 11 is 0. The number of nitrogens with one attached hydrogen (secondary N) is 1. The zero-order chi connectivity index (χ0) is 23.4. The van der Waals surface area contributed by atoms with Gasteiger partial charge < -0.3 is 9.32 Å². The molecule has 2 heterocycles. The second-order valence-electron chi connectivity index (χ2n) is 8.27. The van der Waals surface area contributed by atoms with Crippen LogP contribution in [-0.4, -0.2) is 31.2 Å². The number of carbonyl (C=O) groups excluding carboxylic acids is 1. The van der Waals surface area contributed by atoms with Gasteiger partial charge in [0.25, 0.3) is 5.91 Å². The lowest BCUT2D eigenvalue weighted by Gasteiger charge is -2.11. The molecule has 4 rings (SSSR count). The average molecular weight is 441 g/mol. The number of nitrogens with zero attached hydrogens (tertiary/aromatic N) is 3. The van der Waals surface area contributed by atoms with E-state index in [9.17, 15) is 4.79 Å². The topological polar surface area (TPSA) is 70.7 Å². The highest BCUT2D eigenvalue weighted by molar-refractivity contribution is 6.07. The van der Waals surface area contributed by atoms with E-state index in [4.69, 9.17) is 9.40 Å². The number of furan rings is 1. The second-order valence-corrected chi connectivity index (χ2v) is 8.27. The number of aromatic nitrogens is 1. The maximum atomic E-state index is 13.0. The molecule has 1 atom stereocenters. The predicted octanol–water partition coefficient (Wildman–Crippen LogP) is 5.84. The molecule has 6 nitrogen and oxygen atoms in total. The smallest absolute Gasteiger partial charge is 0.272 e. The first-order chi connectivity index (χ1) is 16.0. The molecule has 2 aromatic carbocycles. The molecular formula is C27H28N4O2. The summed E-state index contributed by atoms with van der Waals surface area (Å²) in [4.78, 5) is 19.7. The Kier molecular flexibility index (Phi) is 6.54. The van der Waals surface area contributed by atoms with E-state index >= 15 is 0 Å². The van der Waals surface area contributed by atoms with Crippen LogP contribution in [0.1, 0.15) is 47.9 Å². The van der Waals surface area contributed by atoms with Crippen LogP contribution in [0.25, 0.3) is 22.2 Å². The number of hydrazone groups is 1. The van der Waals surface area contributed by atoms with Gasteiger partial charge in [-0.25, -0.2) is 10.4 Å². The first-order valence-corrected chi connectivity index (χ1v) is 11.1. The van der Waals surface area contributed by atoms with Crippen molar-refractivity contribution in [2.24, 2.45) is 5.10 Å². The number of benzene rings is 2. The normalized spacial score (nSPS) is 12.2. The van der Waals surface area contributed by atoms with E-state index in [-0.39, 0.29) is 5.91 Å². The zero-order valence-electron chi connectivity index (χ0n) is 19.4. The largest absolute Gasteiger partial charge is 0.440 e. The van der Waals surface area contributed by atoms with Gasteiger partial charge in [-0.1, -0.05) is 56.3 Å². The fourth-order valence-corrected chi connectivity index (χ4v) is 3.60. The molecule has 0 aliphatic carbocycles. The summed E-state index contributed by atoms with van der Waals surface area (Å²) in [6.07, 6.45) is 2.58. The molecule has 4 aromatic rings. The Morgan fingerprint density at radius 2 is 1.88 bits per heavy atom. The third-order valence-electron chi connectivity index (χ3n) is 5.76. The Hall–Kier alpha value is -3.93. The molecule has 1 amide bonds. The molecule has 0 spiro atoms. The monoisotopic (exact) mass is 440 g/mol. The lowest BCUT2D eigenvalue weighted by Crippen LogP contribution is -2.18. The number of para-hydroxylation sites is 1. The molecule has 0 saturated heterocycles. The van der Waals surface area contributed by atoms with Gasteiger partial charge in [0.15, 0.2) is 5.88 Å². The van der Waals surface area contributed by atoms with Gasteiger partial charge in [0, 0.05) is 31.1 Å². The van der Waals surface area contributed by atoms with E-state index in [0.717, 1.165) is 28.6 Å². The molecule has 0 aliphatic heterocycles. The number of anilines is 1. The third kappa shape index (κ3) is 4.95. The second kappa shape index (κ2) is 9.69. The zero-order valence-corrected chi connectivity index (χ0v) is 19.4. The van der Waals surface area contributed by atoms with E-state index in [1.54, 1.807) is 6.07 Å². The SMILES string of the molecule is CCC(C)c1ccc(-c2cc(C(=O)NN=Cc3ccc(N(C)C)o3)c3ccccc3n2)cc1. The molecule has 0 bridgehead atoms. The molecule has 2 aromatic heterocycles. The van der Waals surface area contributed by atoms with Crippen LogP contribution in [0.3, 0.4) is 0 Å². The summed E-state index contributed by atoms with van der Waals surface area (Å²) < 4.78 is 5.63. The Morgan fingerprint density at radius 3 is 2.58 bits per heavy atom. The number of rotatable bonds is 7. The first-order valence-electron chi connectivity index (χ1n) is 11.1. The summed E-state index contributed by atoms with van der Waals surface area (Å²) in [6.45, 7) is 4.40. The number of amides is 1. The van der Waals surface area contributed by atoms with Gasteiger partial charge in [-0.15, -0.1) is 0 Å². The third-order valence-corrected chi connectivity index (χ3v) is 5.76. The van der Waals surface area contributed by atoms with E-state index in [1.807, 2.05) is 55.4 Å². The van der Waals surface area contributed by atoms with Gasteiger partial charge in [-0.05, 0) is 36.1 Å². The van der Waals surface area contributed by atoms with Crippen molar-refractivity contribution >= 4 is 28.9 Å². The van der Waals surface area contributed by atoms with E-state index < -0.39 is 0 Å². The van der Waals surface area contributed by atoms with Crippen molar-refractivity contribution in [1.82, 2.24) is 10.4 Å². The van der Waals surface area contributed by atoms with Crippen molar-refractivity contribution < 1.29 is 9.21 Å². The molecular weight excluding hydrogens is 412 g/mol. The molecule has 6 heteroatoms. The summed E-state index contributed by atoms with van der Waals surface area (Å²) in [5.41, 5.74) is 6.91. The van der Waals surface area contributed by atoms with Crippen molar-refractivity contribution in [3.8, 4) is 11.3 Å². The van der Waals surface area contributed by atoms with Crippen LogP contribution >= 0.6 is 0 Å². The van der Waals surface area contributed by atoms with Gasteiger partial charge in [0.1, 0.15) is 5.76 Å². The molecule has 1 N–H and O–H groups in total. The molecule has 33 heavy (non-hydrogen) atoms. The van der Waals surface area contributed by atoms with Crippen LogP contribution in [0.5, 0.6) is 0 Å². The number of hydrogen-bond donors (Lipinski definition) is 1. The quantitative estimate of drug-likeness (QED) is 0.290. The highest BCUT2D eigenvalue weighted by Gasteiger charge is 2.14. The van der Waals surface area contributed by atoms with Crippen molar-refractivity contribution in [2.75, 3.05) is 19.0 Å². The fourth-order valence-electron chi connectivity index (χ4n) is 3.60. The van der Waals surface area contributed by atoms with E-state index in [2.05, 4.69) is 48.6 Å². The molecule has 0 aliphatic rings. The van der Waals surface area contributed by atoms with Gasteiger partial charge in [-0.3, -0.25) is 4.79 Å². The molecule has 168 valence electrons. The predicted molar refractivity (Wildman–Crippen MR) is 134 cm³/mol. The van der Waals surface area contributed by atoms with Crippen molar-refractivity contribution in [3.63, 3.8) is 0 Å². The van der Waals surface area contributed by atoms with Gasteiger partial charge >= 0.3 is 0 Å². The number of fused-ring (bicyclic) bond motifs is 1. The standard InChI is InChI=1S/C27H28N4O2/c1-5-18(2)19-10-12-20(13-11-19)25-16-23(22-8-6-7-9-24(22)29-25)27(32)30-28-17-21-14-15-26(33-21)31(3)4/h6-18H,5H2,1-4H3,(H,30,32). The summed E-state index contributed by atoms with van der Waals surface area (Å²) in [6, 6.07) is 21.5. The van der Waals surface area contributed by atoms with Crippen LogP contribution < -0.4 is 10.3 Å². The number of pyridine rings is 1. The molecule has 0 fully saturated rings. The minimum absolute atomic E-state index is 0.304. The minimum atomic E-state index is -0.304.